The standard InChI is InChI=1S/C27H34N2O7/c1-29(2)13-15-35-20-11-9-19(10-12-20)24-18-23(31)27-22(30)16-21(17-25(27)36-24)34-14-7-5-3-4-6-8-26(32)28-33/h9-12,16-18,30,33H,3-8,13-15H2,1-2H3,(H,28,32). The predicted molar refractivity (Wildman–Crippen MR) is 137 cm³/mol. The Hall–Kier alpha value is -3.56. The van der Waals surface area contributed by atoms with Gasteiger partial charge in [-0.1, -0.05) is 19.3 Å². The third-order valence-electron chi connectivity index (χ3n) is 5.67. The second-order valence-corrected chi connectivity index (χ2v) is 8.87. The summed E-state index contributed by atoms with van der Waals surface area (Å²) in [6.07, 6.45) is 4.60. The number of carbonyl (C=O) groups excluding carboxylic acids is 1. The second-order valence-electron chi connectivity index (χ2n) is 8.87. The van der Waals surface area contributed by atoms with E-state index in [-0.39, 0.29) is 28.1 Å². The van der Waals surface area contributed by atoms with Crippen LogP contribution >= 0.6 is 0 Å². The molecule has 0 spiro atoms. The van der Waals surface area contributed by atoms with Crippen LogP contribution in [0, 0.1) is 0 Å². The van der Waals surface area contributed by atoms with Gasteiger partial charge in [0.25, 0.3) is 0 Å². The molecular formula is C27H34N2O7. The molecule has 3 N–H and O–H groups in total. The third-order valence-corrected chi connectivity index (χ3v) is 5.67. The fourth-order valence-corrected chi connectivity index (χ4v) is 3.69. The molecule has 3 rings (SSSR count). The van der Waals surface area contributed by atoms with Gasteiger partial charge in [0.2, 0.25) is 5.91 Å². The van der Waals surface area contributed by atoms with Crippen molar-refractivity contribution in [2.45, 2.75) is 38.5 Å². The van der Waals surface area contributed by atoms with Crippen LogP contribution in [-0.4, -0.2) is 55.0 Å². The van der Waals surface area contributed by atoms with Crippen molar-refractivity contribution < 1.29 is 29.0 Å². The van der Waals surface area contributed by atoms with Crippen LogP contribution in [0.3, 0.4) is 0 Å². The van der Waals surface area contributed by atoms with Crippen molar-refractivity contribution in [2.75, 3.05) is 33.9 Å². The first-order valence-corrected chi connectivity index (χ1v) is 12.1. The Bertz CT molecular complexity index is 1190. The fraction of sp³-hybridized carbons (Fsp3) is 0.407. The number of nitrogens with zero attached hydrogens (tertiary/aromatic N) is 1. The lowest BCUT2D eigenvalue weighted by atomic mass is 10.1. The molecule has 0 radical (unpaired) electrons. The molecule has 0 aliphatic heterocycles. The van der Waals surface area contributed by atoms with Crippen molar-refractivity contribution in [1.82, 2.24) is 10.4 Å². The van der Waals surface area contributed by atoms with Crippen LogP contribution < -0.4 is 20.4 Å². The van der Waals surface area contributed by atoms with E-state index < -0.39 is 0 Å². The normalized spacial score (nSPS) is 11.1. The zero-order valence-corrected chi connectivity index (χ0v) is 20.8. The first-order valence-electron chi connectivity index (χ1n) is 12.1. The van der Waals surface area contributed by atoms with E-state index in [0.717, 1.165) is 50.0 Å². The molecule has 9 heteroatoms. The molecule has 2 aromatic carbocycles. The van der Waals surface area contributed by atoms with Gasteiger partial charge in [-0.15, -0.1) is 0 Å². The summed E-state index contributed by atoms with van der Waals surface area (Å²) in [4.78, 5) is 25.7. The summed E-state index contributed by atoms with van der Waals surface area (Å²) < 4.78 is 17.5. The van der Waals surface area contributed by atoms with Gasteiger partial charge >= 0.3 is 0 Å². The van der Waals surface area contributed by atoms with Crippen LogP contribution in [0.1, 0.15) is 38.5 Å². The molecule has 1 aromatic heterocycles. The first kappa shape index (κ1) is 27.0. The Labute approximate surface area is 210 Å². The number of ether oxygens (including phenoxy) is 2. The molecule has 0 saturated heterocycles. The van der Waals surface area contributed by atoms with Gasteiger partial charge in [0.1, 0.15) is 40.6 Å². The van der Waals surface area contributed by atoms with Crippen molar-refractivity contribution in [3.8, 4) is 28.6 Å². The fourth-order valence-electron chi connectivity index (χ4n) is 3.69. The molecule has 0 atom stereocenters. The number of phenols is 1. The molecule has 0 saturated carbocycles. The average molecular weight is 499 g/mol. The number of amides is 1. The summed E-state index contributed by atoms with van der Waals surface area (Å²) in [5, 5.41) is 19.0. The molecule has 0 fully saturated rings. The maximum absolute atomic E-state index is 12.7. The van der Waals surface area contributed by atoms with Crippen LogP contribution in [-0.2, 0) is 4.79 Å². The number of hydrogen-bond donors (Lipinski definition) is 3. The summed E-state index contributed by atoms with van der Waals surface area (Å²) in [6.45, 7) is 1.82. The summed E-state index contributed by atoms with van der Waals surface area (Å²) >= 11 is 0. The van der Waals surface area contributed by atoms with Gasteiger partial charge in [-0.3, -0.25) is 14.8 Å². The van der Waals surface area contributed by atoms with E-state index in [1.807, 2.05) is 43.3 Å². The Balaban J connectivity index is 1.60. The quantitative estimate of drug-likeness (QED) is 0.171. The number of phenolic OH excluding ortho intramolecular Hbond substituents is 1. The highest BCUT2D eigenvalue weighted by atomic mass is 16.5. The Morgan fingerprint density at radius 3 is 2.36 bits per heavy atom. The van der Waals surface area contributed by atoms with Gasteiger partial charge in [-0.05, 0) is 51.2 Å². The van der Waals surface area contributed by atoms with Crippen molar-refractivity contribution >= 4 is 16.9 Å². The van der Waals surface area contributed by atoms with Gasteiger partial charge in [0, 0.05) is 36.7 Å². The highest BCUT2D eigenvalue weighted by molar-refractivity contribution is 5.86. The maximum atomic E-state index is 12.7. The van der Waals surface area contributed by atoms with E-state index in [4.69, 9.17) is 19.1 Å². The van der Waals surface area contributed by atoms with E-state index in [1.165, 1.54) is 12.1 Å². The van der Waals surface area contributed by atoms with E-state index >= 15 is 0 Å². The van der Waals surface area contributed by atoms with Crippen LogP contribution in [0.25, 0.3) is 22.3 Å². The SMILES string of the molecule is CN(C)CCOc1ccc(-c2cc(=O)c3c(O)cc(OCCCCCCCC(=O)NO)cc3o2)cc1. The predicted octanol–water partition coefficient (Wildman–Crippen LogP) is 4.33. The Kier molecular flexibility index (Phi) is 10.1. The maximum Gasteiger partial charge on any atom is 0.243 e. The molecule has 0 aliphatic rings. The largest absolute Gasteiger partial charge is 0.507 e. The number of hydrogen-bond acceptors (Lipinski definition) is 8. The number of nitrogens with one attached hydrogen (secondary N) is 1. The number of likely N-dealkylation sites (N-methyl/N-ethyl adjacent to an activating group) is 1. The lowest BCUT2D eigenvalue weighted by molar-refractivity contribution is -0.129. The van der Waals surface area contributed by atoms with Gasteiger partial charge in [0.05, 0.1) is 6.61 Å². The molecule has 0 bridgehead atoms. The number of benzene rings is 2. The zero-order chi connectivity index (χ0) is 25.9. The van der Waals surface area contributed by atoms with E-state index in [9.17, 15) is 14.7 Å². The van der Waals surface area contributed by atoms with Gasteiger partial charge in [-0.25, -0.2) is 5.48 Å². The molecule has 9 nitrogen and oxygen atoms in total. The van der Waals surface area contributed by atoms with Crippen LogP contribution in [0.5, 0.6) is 17.2 Å². The summed E-state index contributed by atoms with van der Waals surface area (Å²) in [6, 6.07) is 11.7. The lowest BCUT2D eigenvalue weighted by Crippen LogP contribution is -2.19. The Morgan fingerprint density at radius 2 is 1.64 bits per heavy atom. The lowest BCUT2D eigenvalue weighted by Gasteiger charge is -2.11. The third kappa shape index (κ3) is 8.00. The van der Waals surface area contributed by atoms with Crippen LogP contribution in [0.2, 0.25) is 0 Å². The van der Waals surface area contributed by atoms with Gasteiger partial charge < -0.3 is 23.9 Å². The topological polar surface area (TPSA) is 121 Å². The summed E-state index contributed by atoms with van der Waals surface area (Å²) in [5.41, 5.74) is 2.26. The summed E-state index contributed by atoms with van der Waals surface area (Å²) in [5.74, 6) is 0.983. The van der Waals surface area contributed by atoms with Crippen molar-refractivity contribution in [3.05, 3.63) is 52.7 Å². The smallest absolute Gasteiger partial charge is 0.243 e. The minimum atomic E-state index is -0.370. The monoisotopic (exact) mass is 498 g/mol. The molecule has 36 heavy (non-hydrogen) atoms. The second kappa shape index (κ2) is 13.5. The van der Waals surface area contributed by atoms with E-state index in [1.54, 1.807) is 11.5 Å². The van der Waals surface area contributed by atoms with E-state index in [0.29, 0.717) is 31.1 Å². The van der Waals surface area contributed by atoms with Crippen molar-refractivity contribution in [3.63, 3.8) is 0 Å². The number of unbranched alkanes of at least 4 members (excludes halogenated alkanes) is 4. The minimum Gasteiger partial charge on any atom is -0.507 e. The number of aromatic hydroxyl groups is 1. The molecule has 3 aromatic rings. The van der Waals surface area contributed by atoms with Gasteiger partial charge in [0.15, 0.2) is 5.43 Å². The highest BCUT2D eigenvalue weighted by Gasteiger charge is 2.13. The zero-order valence-electron chi connectivity index (χ0n) is 20.8. The first-order chi connectivity index (χ1) is 17.4. The van der Waals surface area contributed by atoms with Crippen LogP contribution in [0.15, 0.2) is 51.7 Å². The van der Waals surface area contributed by atoms with Crippen LogP contribution in [0.4, 0.5) is 0 Å². The number of rotatable bonds is 14. The average Bonchev–Trinajstić information content (AvgIpc) is 2.85. The van der Waals surface area contributed by atoms with Crippen molar-refractivity contribution in [1.29, 1.82) is 0 Å². The molecule has 1 amide bonds. The molecule has 0 aliphatic carbocycles. The van der Waals surface area contributed by atoms with Gasteiger partial charge in [-0.2, -0.15) is 0 Å². The molecular weight excluding hydrogens is 464 g/mol. The molecule has 1 heterocycles. The van der Waals surface area contributed by atoms with E-state index in [2.05, 4.69) is 0 Å². The van der Waals surface area contributed by atoms with Crippen molar-refractivity contribution in [2.24, 2.45) is 0 Å². The number of fused-ring (bicyclic) bond motifs is 1. The minimum absolute atomic E-state index is 0.113. The molecule has 0 unspecified atom stereocenters. The summed E-state index contributed by atoms with van der Waals surface area (Å²) in [7, 11) is 3.96. The number of carbonyl (C=O) groups is 1. The Morgan fingerprint density at radius 1 is 0.944 bits per heavy atom. The highest BCUT2D eigenvalue weighted by Crippen LogP contribution is 2.31. The molecule has 194 valence electrons. The number of hydroxylamine groups is 1.